The van der Waals surface area contributed by atoms with Gasteiger partial charge in [-0.2, -0.15) is 0 Å². The maximum atomic E-state index is 11.9. The van der Waals surface area contributed by atoms with Crippen LogP contribution < -0.4 is 4.74 Å². The van der Waals surface area contributed by atoms with Crippen molar-refractivity contribution in [2.45, 2.75) is 25.7 Å². The summed E-state index contributed by atoms with van der Waals surface area (Å²) in [4.78, 5) is 11.9. The Kier molecular flexibility index (Phi) is 4.61. The molecule has 0 spiro atoms. The molecule has 1 atom stereocenters. The monoisotopic (exact) mass is 272 g/mol. The minimum atomic E-state index is -0.184. The Morgan fingerprint density at radius 3 is 2.45 bits per heavy atom. The quantitative estimate of drug-likeness (QED) is 0.774. The van der Waals surface area contributed by atoms with Crippen LogP contribution in [0.5, 0.6) is 5.75 Å². The van der Waals surface area contributed by atoms with E-state index in [4.69, 9.17) is 9.47 Å². The molecule has 0 saturated carbocycles. The van der Waals surface area contributed by atoms with E-state index in [9.17, 15) is 4.79 Å². The third-order valence-electron chi connectivity index (χ3n) is 3.54. The summed E-state index contributed by atoms with van der Waals surface area (Å²) in [5.74, 6) is 0.486. The first kappa shape index (κ1) is 14.4. The number of carbonyl (C=O) groups is 1. The molecule has 2 aromatic rings. The van der Waals surface area contributed by atoms with Crippen molar-refractivity contribution in [3.05, 3.63) is 42.0 Å². The van der Waals surface area contributed by atoms with E-state index in [1.54, 1.807) is 7.11 Å². The number of rotatable bonds is 5. The Labute approximate surface area is 119 Å². The maximum absolute atomic E-state index is 11.9. The molecule has 0 aromatic heterocycles. The van der Waals surface area contributed by atoms with Gasteiger partial charge in [0.2, 0.25) is 0 Å². The van der Waals surface area contributed by atoms with Crippen LogP contribution in [0, 0.1) is 0 Å². The number of methoxy groups -OCH3 is 2. The lowest BCUT2D eigenvalue weighted by atomic mass is 9.92. The zero-order valence-electron chi connectivity index (χ0n) is 12.2. The van der Waals surface area contributed by atoms with Gasteiger partial charge in [0.1, 0.15) is 5.75 Å². The molecule has 0 aliphatic carbocycles. The third kappa shape index (κ3) is 2.93. The molecule has 0 fully saturated rings. The van der Waals surface area contributed by atoms with Gasteiger partial charge in [0.25, 0.3) is 0 Å². The minimum absolute atomic E-state index is 0.167. The SMILES string of the molecule is CCCC(C(=O)OC)c1ccc2cc(OC)ccc2c1. The minimum Gasteiger partial charge on any atom is -0.497 e. The third-order valence-corrected chi connectivity index (χ3v) is 3.54. The number of esters is 1. The predicted molar refractivity (Wildman–Crippen MR) is 80.2 cm³/mol. The lowest BCUT2D eigenvalue weighted by molar-refractivity contribution is -0.142. The first-order chi connectivity index (χ1) is 9.69. The van der Waals surface area contributed by atoms with Crippen LogP contribution >= 0.6 is 0 Å². The standard InChI is InChI=1S/C17H20O3/c1-4-5-16(17(18)20-3)14-7-6-13-11-15(19-2)9-8-12(13)10-14/h6-11,16H,4-5H2,1-3H3. The normalized spacial score (nSPS) is 12.2. The lowest BCUT2D eigenvalue weighted by Crippen LogP contribution is -2.14. The summed E-state index contributed by atoms with van der Waals surface area (Å²) in [5, 5.41) is 2.21. The van der Waals surface area contributed by atoms with E-state index < -0.39 is 0 Å². The number of hydrogen-bond donors (Lipinski definition) is 0. The van der Waals surface area contributed by atoms with Crippen LogP contribution in [-0.4, -0.2) is 20.2 Å². The zero-order valence-corrected chi connectivity index (χ0v) is 12.2. The van der Waals surface area contributed by atoms with Crippen LogP contribution in [0.15, 0.2) is 36.4 Å². The number of ether oxygens (including phenoxy) is 2. The second kappa shape index (κ2) is 6.42. The Hall–Kier alpha value is -2.03. The predicted octanol–water partition coefficient (Wildman–Crippen LogP) is 3.91. The first-order valence-corrected chi connectivity index (χ1v) is 6.85. The number of carbonyl (C=O) groups excluding carboxylic acids is 1. The molecule has 2 rings (SSSR count). The average molecular weight is 272 g/mol. The van der Waals surface area contributed by atoms with Crippen molar-refractivity contribution >= 4 is 16.7 Å². The van der Waals surface area contributed by atoms with E-state index in [1.165, 1.54) is 7.11 Å². The van der Waals surface area contributed by atoms with Crippen LogP contribution in [-0.2, 0) is 9.53 Å². The number of benzene rings is 2. The highest BCUT2D eigenvalue weighted by atomic mass is 16.5. The molecule has 3 heteroatoms. The smallest absolute Gasteiger partial charge is 0.313 e. The Morgan fingerprint density at radius 2 is 1.80 bits per heavy atom. The van der Waals surface area contributed by atoms with Crippen molar-refractivity contribution in [1.82, 2.24) is 0 Å². The maximum Gasteiger partial charge on any atom is 0.313 e. The van der Waals surface area contributed by atoms with Gasteiger partial charge in [-0.25, -0.2) is 0 Å². The van der Waals surface area contributed by atoms with Crippen LogP contribution in [0.25, 0.3) is 10.8 Å². The fourth-order valence-corrected chi connectivity index (χ4v) is 2.44. The van der Waals surface area contributed by atoms with Gasteiger partial charge in [0.05, 0.1) is 20.1 Å². The van der Waals surface area contributed by atoms with Gasteiger partial charge in [0, 0.05) is 0 Å². The van der Waals surface area contributed by atoms with E-state index >= 15 is 0 Å². The van der Waals surface area contributed by atoms with Gasteiger partial charge < -0.3 is 9.47 Å². The Balaban J connectivity index is 2.41. The summed E-state index contributed by atoms with van der Waals surface area (Å²) in [6.45, 7) is 2.07. The van der Waals surface area contributed by atoms with E-state index in [-0.39, 0.29) is 11.9 Å². The molecule has 0 heterocycles. The van der Waals surface area contributed by atoms with Gasteiger partial charge in [-0.05, 0) is 34.9 Å². The summed E-state index contributed by atoms with van der Waals surface area (Å²) >= 11 is 0. The first-order valence-electron chi connectivity index (χ1n) is 6.85. The largest absolute Gasteiger partial charge is 0.497 e. The second-order valence-electron chi connectivity index (χ2n) is 4.84. The highest BCUT2D eigenvalue weighted by Crippen LogP contribution is 2.28. The molecule has 1 unspecified atom stereocenters. The summed E-state index contributed by atoms with van der Waals surface area (Å²) < 4.78 is 10.1. The van der Waals surface area contributed by atoms with Crippen LogP contribution in [0.4, 0.5) is 0 Å². The van der Waals surface area contributed by atoms with E-state index in [1.807, 2.05) is 30.3 Å². The zero-order chi connectivity index (χ0) is 14.5. The molecule has 0 N–H and O–H groups in total. The van der Waals surface area contributed by atoms with Crippen molar-refractivity contribution in [3.63, 3.8) is 0 Å². The average Bonchev–Trinajstić information content (AvgIpc) is 2.50. The van der Waals surface area contributed by atoms with Gasteiger partial charge in [-0.1, -0.05) is 37.6 Å². The van der Waals surface area contributed by atoms with Gasteiger partial charge >= 0.3 is 5.97 Å². The Bertz CT molecular complexity index is 604. The summed E-state index contributed by atoms with van der Waals surface area (Å²) in [6, 6.07) is 12.0. The van der Waals surface area contributed by atoms with Crippen LogP contribution in [0.2, 0.25) is 0 Å². The van der Waals surface area contributed by atoms with E-state index in [0.717, 1.165) is 34.9 Å². The van der Waals surface area contributed by atoms with Crippen molar-refractivity contribution in [2.75, 3.05) is 14.2 Å². The summed E-state index contributed by atoms with van der Waals surface area (Å²) in [6.07, 6.45) is 1.74. The highest BCUT2D eigenvalue weighted by Gasteiger charge is 2.20. The molecule has 0 radical (unpaired) electrons. The molecule has 20 heavy (non-hydrogen) atoms. The molecule has 2 aromatic carbocycles. The van der Waals surface area contributed by atoms with Crippen molar-refractivity contribution in [3.8, 4) is 5.75 Å². The van der Waals surface area contributed by atoms with E-state index in [0.29, 0.717) is 0 Å². The molecule has 3 nitrogen and oxygen atoms in total. The molecule has 0 aliphatic heterocycles. The van der Waals surface area contributed by atoms with Gasteiger partial charge in [0.15, 0.2) is 0 Å². The van der Waals surface area contributed by atoms with Crippen molar-refractivity contribution in [1.29, 1.82) is 0 Å². The number of fused-ring (bicyclic) bond motifs is 1. The molecule has 0 amide bonds. The molecular weight excluding hydrogens is 252 g/mol. The Morgan fingerprint density at radius 1 is 1.10 bits per heavy atom. The summed E-state index contributed by atoms with van der Waals surface area (Å²) in [7, 11) is 3.10. The summed E-state index contributed by atoms with van der Waals surface area (Å²) in [5.41, 5.74) is 1.01. The fraction of sp³-hybridized carbons (Fsp3) is 0.353. The molecule has 106 valence electrons. The second-order valence-corrected chi connectivity index (χ2v) is 4.84. The fourth-order valence-electron chi connectivity index (χ4n) is 2.44. The van der Waals surface area contributed by atoms with Crippen molar-refractivity contribution in [2.24, 2.45) is 0 Å². The lowest BCUT2D eigenvalue weighted by Gasteiger charge is -2.15. The molecule has 0 aliphatic rings. The van der Waals surface area contributed by atoms with Crippen molar-refractivity contribution < 1.29 is 14.3 Å². The molecular formula is C17H20O3. The molecule has 0 saturated heterocycles. The van der Waals surface area contributed by atoms with E-state index in [2.05, 4.69) is 13.0 Å². The number of hydrogen-bond acceptors (Lipinski definition) is 3. The van der Waals surface area contributed by atoms with Gasteiger partial charge in [-0.15, -0.1) is 0 Å². The van der Waals surface area contributed by atoms with Crippen LogP contribution in [0.3, 0.4) is 0 Å². The topological polar surface area (TPSA) is 35.5 Å². The molecule has 0 bridgehead atoms. The van der Waals surface area contributed by atoms with Crippen LogP contribution in [0.1, 0.15) is 31.2 Å². The highest BCUT2D eigenvalue weighted by molar-refractivity contribution is 5.86. The van der Waals surface area contributed by atoms with Gasteiger partial charge in [-0.3, -0.25) is 4.79 Å².